The average Bonchev–Trinajstić information content (AvgIpc) is 2.52. The monoisotopic (exact) mass is 260 g/mol. The number of hydrogen-bond donors (Lipinski definition) is 4. The molecule has 102 valence electrons. The number of ether oxygens (including phenoxy) is 1. The number of nitrogens with zero attached hydrogens (tertiary/aromatic N) is 1. The van der Waals surface area contributed by atoms with Gasteiger partial charge in [0.1, 0.15) is 17.8 Å². The van der Waals surface area contributed by atoms with E-state index in [-0.39, 0.29) is 13.0 Å². The molecule has 0 bridgehead atoms. The Kier molecular flexibility index (Phi) is 3.28. The minimum atomic E-state index is -1.70. The normalized spacial score (nSPS) is 41.1. The van der Waals surface area contributed by atoms with Crippen LogP contribution in [0.15, 0.2) is 0 Å². The summed E-state index contributed by atoms with van der Waals surface area (Å²) >= 11 is 0. The molecule has 0 unspecified atom stereocenters. The third kappa shape index (κ3) is 1.97. The van der Waals surface area contributed by atoms with Gasteiger partial charge in [-0.2, -0.15) is 0 Å². The Balaban J connectivity index is 2.18. The average molecular weight is 260 g/mol. The van der Waals surface area contributed by atoms with Crippen molar-refractivity contribution in [3.8, 4) is 0 Å². The van der Waals surface area contributed by atoms with Crippen molar-refractivity contribution in [2.45, 2.75) is 37.4 Å². The third-order valence-electron chi connectivity index (χ3n) is 3.30. The quantitative estimate of drug-likeness (QED) is 0.445. The molecule has 0 aromatic heterocycles. The molecule has 2 saturated heterocycles. The van der Waals surface area contributed by atoms with Crippen LogP contribution in [0.4, 0.5) is 4.79 Å². The van der Waals surface area contributed by atoms with Gasteiger partial charge in [0.05, 0.1) is 6.61 Å². The molecule has 2 aliphatic rings. The van der Waals surface area contributed by atoms with Crippen LogP contribution in [0.2, 0.25) is 0 Å². The third-order valence-corrected chi connectivity index (χ3v) is 3.30. The number of imide groups is 1. The largest absolute Gasteiger partial charge is 0.394 e. The van der Waals surface area contributed by atoms with Gasteiger partial charge in [-0.15, -0.1) is 0 Å². The van der Waals surface area contributed by atoms with Gasteiger partial charge in [0.15, 0.2) is 6.23 Å². The molecule has 0 aromatic carbocycles. The standard InChI is InChI=1S/C10H16N2O6/c1-10(17)7(15)5(4-13)18-8(10)12-3-2-6(14)11-9(12)16/h5,7-8,13,15,17H,2-4H2,1H3,(H,11,14,16)/t5-,7-,8-,10-/m1/s1. The Bertz CT molecular complexity index is 371. The van der Waals surface area contributed by atoms with Gasteiger partial charge < -0.3 is 20.1 Å². The van der Waals surface area contributed by atoms with Crippen LogP contribution in [0.5, 0.6) is 0 Å². The van der Waals surface area contributed by atoms with Crippen molar-refractivity contribution in [2.24, 2.45) is 0 Å². The molecular formula is C10H16N2O6. The van der Waals surface area contributed by atoms with Crippen LogP contribution in [0.1, 0.15) is 13.3 Å². The molecular weight excluding hydrogens is 244 g/mol. The Morgan fingerprint density at radius 2 is 2.22 bits per heavy atom. The number of urea groups is 1. The summed E-state index contributed by atoms with van der Waals surface area (Å²) < 4.78 is 5.29. The maximum Gasteiger partial charge on any atom is 0.326 e. The molecule has 8 nitrogen and oxygen atoms in total. The zero-order valence-corrected chi connectivity index (χ0v) is 9.87. The second-order valence-electron chi connectivity index (χ2n) is 4.68. The molecule has 2 rings (SSSR count). The van der Waals surface area contributed by atoms with E-state index < -0.39 is 42.6 Å². The molecule has 0 radical (unpaired) electrons. The summed E-state index contributed by atoms with van der Waals surface area (Å²) in [4.78, 5) is 23.8. The first-order valence-corrected chi connectivity index (χ1v) is 5.65. The number of nitrogens with one attached hydrogen (secondary N) is 1. The second kappa shape index (κ2) is 4.47. The van der Waals surface area contributed by atoms with Crippen LogP contribution in [0.25, 0.3) is 0 Å². The lowest BCUT2D eigenvalue weighted by Crippen LogP contribution is -2.60. The highest BCUT2D eigenvalue weighted by Crippen LogP contribution is 2.33. The lowest BCUT2D eigenvalue weighted by molar-refractivity contribution is -0.134. The molecule has 0 aromatic rings. The highest BCUT2D eigenvalue weighted by Gasteiger charge is 2.55. The predicted octanol–water partition coefficient (Wildman–Crippen LogP) is -2.24. The zero-order valence-electron chi connectivity index (χ0n) is 9.87. The summed E-state index contributed by atoms with van der Waals surface area (Å²) in [5.41, 5.74) is -1.70. The van der Waals surface area contributed by atoms with E-state index in [1.54, 1.807) is 0 Å². The highest BCUT2D eigenvalue weighted by molar-refractivity contribution is 5.96. The Morgan fingerprint density at radius 1 is 1.56 bits per heavy atom. The molecule has 0 spiro atoms. The maximum atomic E-state index is 11.6. The van der Waals surface area contributed by atoms with Gasteiger partial charge in [0.2, 0.25) is 5.91 Å². The Morgan fingerprint density at radius 3 is 2.72 bits per heavy atom. The van der Waals surface area contributed by atoms with E-state index in [0.717, 1.165) is 4.90 Å². The lowest BCUT2D eigenvalue weighted by Gasteiger charge is -2.37. The summed E-state index contributed by atoms with van der Waals surface area (Å²) in [6.45, 7) is 0.945. The van der Waals surface area contributed by atoms with E-state index in [1.165, 1.54) is 6.92 Å². The molecule has 2 heterocycles. The second-order valence-corrected chi connectivity index (χ2v) is 4.68. The Hall–Kier alpha value is -1.22. The van der Waals surface area contributed by atoms with Crippen molar-refractivity contribution < 1.29 is 29.6 Å². The first-order valence-electron chi connectivity index (χ1n) is 5.65. The van der Waals surface area contributed by atoms with Crippen LogP contribution < -0.4 is 5.32 Å². The van der Waals surface area contributed by atoms with E-state index in [9.17, 15) is 19.8 Å². The van der Waals surface area contributed by atoms with Gasteiger partial charge in [0, 0.05) is 13.0 Å². The fourth-order valence-electron chi connectivity index (χ4n) is 2.23. The first kappa shape index (κ1) is 13.2. The van der Waals surface area contributed by atoms with Gasteiger partial charge in [0.25, 0.3) is 0 Å². The fraction of sp³-hybridized carbons (Fsp3) is 0.800. The van der Waals surface area contributed by atoms with E-state index in [2.05, 4.69) is 5.32 Å². The van der Waals surface area contributed by atoms with Crippen molar-refractivity contribution in [3.05, 3.63) is 0 Å². The van der Waals surface area contributed by atoms with Crippen molar-refractivity contribution in [3.63, 3.8) is 0 Å². The SMILES string of the molecule is C[C@@]1(O)[C@H](O)[C@@H](CO)O[C@H]1N1CCC(=O)NC1=O. The Labute approximate surface area is 103 Å². The van der Waals surface area contributed by atoms with Crippen LogP contribution in [0, 0.1) is 0 Å². The molecule has 2 fully saturated rings. The minimum Gasteiger partial charge on any atom is -0.394 e. The number of aliphatic hydroxyl groups excluding tert-OH is 2. The molecule has 4 N–H and O–H groups in total. The van der Waals surface area contributed by atoms with Crippen molar-refractivity contribution in [1.82, 2.24) is 10.2 Å². The molecule has 0 saturated carbocycles. The van der Waals surface area contributed by atoms with Gasteiger partial charge in [-0.3, -0.25) is 15.0 Å². The van der Waals surface area contributed by atoms with Crippen LogP contribution in [-0.4, -0.2) is 69.3 Å². The molecule has 2 aliphatic heterocycles. The smallest absolute Gasteiger partial charge is 0.326 e. The summed E-state index contributed by atoms with van der Waals surface area (Å²) in [7, 11) is 0. The van der Waals surface area contributed by atoms with Crippen LogP contribution in [-0.2, 0) is 9.53 Å². The summed E-state index contributed by atoms with van der Waals surface area (Å²) in [5.74, 6) is -0.395. The van der Waals surface area contributed by atoms with Crippen molar-refractivity contribution in [1.29, 1.82) is 0 Å². The first-order chi connectivity index (χ1) is 8.37. The number of aliphatic hydroxyl groups is 3. The summed E-state index contributed by atoms with van der Waals surface area (Å²) in [6, 6.07) is -0.678. The number of rotatable bonds is 2. The van der Waals surface area contributed by atoms with E-state index in [4.69, 9.17) is 9.84 Å². The number of amides is 3. The van der Waals surface area contributed by atoms with E-state index in [1.807, 2.05) is 0 Å². The lowest BCUT2D eigenvalue weighted by atomic mass is 9.96. The van der Waals surface area contributed by atoms with Crippen molar-refractivity contribution >= 4 is 11.9 Å². The molecule has 8 heteroatoms. The van der Waals surface area contributed by atoms with Gasteiger partial charge in [-0.05, 0) is 6.92 Å². The van der Waals surface area contributed by atoms with Crippen molar-refractivity contribution in [2.75, 3.05) is 13.2 Å². The number of carbonyl (C=O) groups is 2. The molecule has 4 atom stereocenters. The van der Waals surface area contributed by atoms with E-state index in [0.29, 0.717) is 0 Å². The molecule has 3 amide bonds. The number of hydrogen-bond acceptors (Lipinski definition) is 6. The summed E-state index contributed by atoms with van der Waals surface area (Å²) in [5, 5.41) is 31.1. The highest BCUT2D eigenvalue weighted by atomic mass is 16.6. The van der Waals surface area contributed by atoms with Crippen LogP contribution in [0.3, 0.4) is 0 Å². The maximum absolute atomic E-state index is 11.6. The number of carbonyl (C=O) groups excluding carboxylic acids is 2. The van der Waals surface area contributed by atoms with Gasteiger partial charge in [-0.1, -0.05) is 0 Å². The minimum absolute atomic E-state index is 0.0936. The van der Waals surface area contributed by atoms with Gasteiger partial charge in [-0.25, -0.2) is 4.79 Å². The molecule has 0 aliphatic carbocycles. The summed E-state index contributed by atoms with van der Waals surface area (Å²) in [6.07, 6.45) is -3.27. The zero-order chi connectivity index (χ0) is 13.5. The topological polar surface area (TPSA) is 119 Å². The predicted molar refractivity (Wildman–Crippen MR) is 57.2 cm³/mol. The molecule has 18 heavy (non-hydrogen) atoms. The van der Waals surface area contributed by atoms with E-state index >= 15 is 0 Å². The van der Waals surface area contributed by atoms with Crippen LogP contribution >= 0.6 is 0 Å². The van der Waals surface area contributed by atoms with Gasteiger partial charge >= 0.3 is 6.03 Å². The fourth-order valence-corrected chi connectivity index (χ4v) is 2.23.